The van der Waals surface area contributed by atoms with Crippen LogP contribution in [0.2, 0.25) is 0 Å². The molecule has 1 heterocycles. The van der Waals surface area contributed by atoms with Gasteiger partial charge in [-0.3, -0.25) is 0 Å². The van der Waals surface area contributed by atoms with E-state index in [1.807, 2.05) is 26.0 Å². The molecule has 0 bridgehead atoms. The second kappa shape index (κ2) is 4.60. The third-order valence-electron chi connectivity index (χ3n) is 1.63. The quantitative estimate of drug-likeness (QED) is 0.647. The molecule has 0 fully saturated rings. The Morgan fingerprint density at radius 3 is 3.00 bits per heavy atom. The standard InChI is InChI=1S/C9H16O3/c1-7(2)11-9-5-3-4-8(6-10)12-9/h3,5,7-10H,4,6H2,1-2H3/t8-,9-/m0/s1. The third kappa shape index (κ3) is 2.93. The van der Waals surface area contributed by atoms with Gasteiger partial charge in [-0.05, 0) is 26.3 Å². The van der Waals surface area contributed by atoms with Gasteiger partial charge in [-0.15, -0.1) is 0 Å². The molecule has 3 heteroatoms. The molecule has 0 aliphatic carbocycles. The van der Waals surface area contributed by atoms with Crippen molar-refractivity contribution in [3.8, 4) is 0 Å². The molecule has 2 atom stereocenters. The van der Waals surface area contributed by atoms with Gasteiger partial charge in [0, 0.05) is 0 Å². The van der Waals surface area contributed by atoms with Crippen LogP contribution >= 0.6 is 0 Å². The first-order chi connectivity index (χ1) is 5.72. The maximum atomic E-state index is 8.83. The van der Waals surface area contributed by atoms with Gasteiger partial charge in [0.1, 0.15) is 0 Å². The first-order valence-corrected chi connectivity index (χ1v) is 4.31. The molecular formula is C9H16O3. The molecule has 0 saturated heterocycles. The Hall–Kier alpha value is -0.380. The van der Waals surface area contributed by atoms with Gasteiger partial charge in [-0.2, -0.15) is 0 Å². The second-order valence-electron chi connectivity index (χ2n) is 3.16. The zero-order chi connectivity index (χ0) is 8.97. The van der Waals surface area contributed by atoms with Crippen LogP contribution in [-0.2, 0) is 9.47 Å². The van der Waals surface area contributed by atoms with Gasteiger partial charge < -0.3 is 14.6 Å². The lowest BCUT2D eigenvalue weighted by Crippen LogP contribution is -2.30. The van der Waals surface area contributed by atoms with Crippen molar-refractivity contribution in [2.75, 3.05) is 6.61 Å². The number of hydrogen-bond acceptors (Lipinski definition) is 3. The SMILES string of the molecule is CC(C)O[C@@H]1C=CC[C@@H](CO)O1. The lowest BCUT2D eigenvalue weighted by Gasteiger charge is -2.25. The molecule has 0 spiro atoms. The van der Waals surface area contributed by atoms with E-state index in [-0.39, 0.29) is 25.1 Å². The fraction of sp³-hybridized carbons (Fsp3) is 0.778. The van der Waals surface area contributed by atoms with E-state index in [0.29, 0.717) is 0 Å². The summed E-state index contributed by atoms with van der Waals surface area (Å²) < 4.78 is 10.8. The van der Waals surface area contributed by atoms with Crippen molar-refractivity contribution in [2.24, 2.45) is 0 Å². The van der Waals surface area contributed by atoms with Crippen molar-refractivity contribution in [3.05, 3.63) is 12.2 Å². The number of hydrogen-bond donors (Lipinski definition) is 1. The van der Waals surface area contributed by atoms with Crippen molar-refractivity contribution in [1.82, 2.24) is 0 Å². The smallest absolute Gasteiger partial charge is 0.177 e. The topological polar surface area (TPSA) is 38.7 Å². The molecule has 0 saturated carbocycles. The summed E-state index contributed by atoms with van der Waals surface area (Å²) in [6, 6.07) is 0. The minimum Gasteiger partial charge on any atom is -0.394 e. The van der Waals surface area contributed by atoms with Crippen LogP contribution in [-0.4, -0.2) is 30.2 Å². The summed E-state index contributed by atoms with van der Waals surface area (Å²) in [5, 5.41) is 8.83. The summed E-state index contributed by atoms with van der Waals surface area (Å²) in [6.07, 6.45) is 4.41. The van der Waals surface area contributed by atoms with Crippen molar-refractivity contribution in [2.45, 2.75) is 38.8 Å². The highest BCUT2D eigenvalue weighted by molar-refractivity contribution is 4.92. The summed E-state index contributed by atoms with van der Waals surface area (Å²) in [5.74, 6) is 0. The normalized spacial score (nSPS) is 29.7. The molecule has 1 N–H and O–H groups in total. The van der Waals surface area contributed by atoms with Gasteiger partial charge in [-0.25, -0.2) is 0 Å². The largest absolute Gasteiger partial charge is 0.394 e. The zero-order valence-corrected chi connectivity index (χ0v) is 7.56. The molecule has 0 radical (unpaired) electrons. The highest BCUT2D eigenvalue weighted by Gasteiger charge is 2.18. The molecule has 3 nitrogen and oxygen atoms in total. The van der Waals surface area contributed by atoms with Crippen molar-refractivity contribution in [3.63, 3.8) is 0 Å². The maximum Gasteiger partial charge on any atom is 0.177 e. The maximum absolute atomic E-state index is 8.83. The molecule has 0 amide bonds. The predicted molar refractivity (Wildman–Crippen MR) is 45.7 cm³/mol. The number of ether oxygens (including phenoxy) is 2. The zero-order valence-electron chi connectivity index (χ0n) is 7.56. The Kier molecular flexibility index (Phi) is 3.72. The van der Waals surface area contributed by atoms with Crippen LogP contribution in [0.5, 0.6) is 0 Å². The molecule has 1 rings (SSSR count). The Labute approximate surface area is 73.0 Å². The lowest BCUT2D eigenvalue weighted by molar-refractivity contribution is -0.172. The molecule has 0 aromatic carbocycles. The average molecular weight is 172 g/mol. The summed E-state index contributed by atoms with van der Waals surface area (Å²) in [7, 11) is 0. The third-order valence-corrected chi connectivity index (χ3v) is 1.63. The minimum absolute atomic E-state index is 0.0578. The van der Waals surface area contributed by atoms with Crippen LogP contribution in [0.15, 0.2) is 12.2 Å². The Morgan fingerprint density at radius 1 is 1.67 bits per heavy atom. The van der Waals surface area contributed by atoms with Crippen molar-refractivity contribution < 1.29 is 14.6 Å². The van der Waals surface area contributed by atoms with E-state index in [1.54, 1.807) is 0 Å². The fourth-order valence-electron chi connectivity index (χ4n) is 1.10. The van der Waals surface area contributed by atoms with Crippen LogP contribution in [0.4, 0.5) is 0 Å². The fourth-order valence-corrected chi connectivity index (χ4v) is 1.10. The highest BCUT2D eigenvalue weighted by Crippen LogP contribution is 2.13. The highest BCUT2D eigenvalue weighted by atomic mass is 16.7. The van der Waals surface area contributed by atoms with E-state index < -0.39 is 0 Å². The molecule has 0 aromatic heterocycles. The van der Waals surface area contributed by atoms with Crippen LogP contribution in [0.3, 0.4) is 0 Å². The van der Waals surface area contributed by atoms with Gasteiger partial charge in [0.05, 0.1) is 18.8 Å². The average Bonchev–Trinajstić information content (AvgIpc) is 2.03. The monoisotopic (exact) mass is 172 g/mol. The summed E-state index contributed by atoms with van der Waals surface area (Å²) in [5.41, 5.74) is 0. The van der Waals surface area contributed by atoms with E-state index in [1.165, 1.54) is 0 Å². The molecule has 12 heavy (non-hydrogen) atoms. The Bertz CT molecular complexity index is 154. The van der Waals surface area contributed by atoms with Crippen molar-refractivity contribution >= 4 is 0 Å². The molecule has 0 aromatic rings. The number of rotatable bonds is 3. The molecular weight excluding hydrogens is 156 g/mol. The van der Waals surface area contributed by atoms with Crippen molar-refractivity contribution in [1.29, 1.82) is 0 Å². The Balaban J connectivity index is 2.35. The molecule has 0 unspecified atom stereocenters. The summed E-state index contributed by atoms with van der Waals surface area (Å²) in [4.78, 5) is 0. The number of aliphatic hydroxyl groups is 1. The van der Waals surface area contributed by atoms with Gasteiger partial charge in [-0.1, -0.05) is 6.08 Å². The van der Waals surface area contributed by atoms with Gasteiger partial charge in [0.2, 0.25) is 0 Å². The summed E-state index contributed by atoms with van der Waals surface area (Å²) >= 11 is 0. The molecule has 70 valence electrons. The van der Waals surface area contributed by atoms with E-state index in [4.69, 9.17) is 14.6 Å². The molecule has 1 aliphatic heterocycles. The Morgan fingerprint density at radius 2 is 2.42 bits per heavy atom. The molecule has 1 aliphatic rings. The number of aliphatic hydroxyl groups excluding tert-OH is 1. The van der Waals surface area contributed by atoms with Crippen LogP contribution < -0.4 is 0 Å². The van der Waals surface area contributed by atoms with E-state index in [0.717, 1.165) is 6.42 Å². The van der Waals surface area contributed by atoms with Gasteiger partial charge in [0.25, 0.3) is 0 Å². The van der Waals surface area contributed by atoms with E-state index in [9.17, 15) is 0 Å². The van der Waals surface area contributed by atoms with Crippen LogP contribution in [0, 0.1) is 0 Å². The lowest BCUT2D eigenvalue weighted by atomic mass is 10.2. The predicted octanol–water partition coefficient (Wildman–Crippen LogP) is 1.07. The van der Waals surface area contributed by atoms with Crippen LogP contribution in [0.25, 0.3) is 0 Å². The first kappa shape index (κ1) is 9.71. The van der Waals surface area contributed by atoms with Gasteiger partial charge >= 0.3 is 0 Å². The van der Waals surface area contributed by atoms with E-state index >= 15 is 0 Å². The van der Waals surface area contributed by atoms with E-state index in [2.05, 4.69) is 0 Å². The second-order valence-corrected chi connectivity index (χ2v) is 3.16. The van der Waals surface area contributed by atoms with Gasteiger partial charge in [0.15, 0.2) is 6.29 Å². The summed E-state index contributed by atoms with van der Waals surface area (Å²) in [6.45, 7) is 3.97. The first-order valence-electron chi connectivity index (χ1n) is 4.31. The van der Waals surface area contributed by atoms with Crippen LogP contribution in [0.1, 0.15) is 20.3 Å². The minimum atomic E-state index is -0.282.